The molecule has 3 N–H and O–H groups in total. The fourth-order valence-corrected chi connectivity index (χ4v) is 2.50. The number of aliphatic hydroxyl groups excluding tert-OH is 1. The van der Waals surface area contributed by atoms with Crippen LogP contribution in [-0.4, -0.2) is 52.3 Å². The van der Waals surface area contributed by atoms with Gasteiger partial charge in [-0.15, -0.1) is 0 Å². The normalized spacial score (nSPS) is 17.8. The summed E-state index contributed by atoms with van der Waals surface area (Å²) < 4.78 is 0. The number of carboxylic acids is 1. The van der Waals surface area contributed by atoms with E-state index < -0.39 is 11.5 Å². The number of nitrogens with zero attached hydrogens (tertiary/aromatic N) is 1. The molecule has 0 radical (unpaired) electrons. The van der Waals surface area contributed by atoms with Crippen molar-refractivity contribution in [1.82, 2.24) is 10.2 Å². The zero-order chi connectivity index (χ0) is 14.3. The minimum atomic E-state index is -1.11. The highest BCUT2D eigenvalue weighted by Gasteiger charge is 2.41. The molecular weight excluding hydrogens is 248 g/mol. The third kappa shape index (κ3) is 4.09. The minimum absolute atomic E-state index is 0.0217. The Morgan fingerprint density at radius 1 is 1.26 bits per heavy atom. The number of carbonyl (C=O) groups is 2. The largest absolute Gasteiger partial charge is 0.480 e. The average Bonchev–Trinajstić information content (AvgIpc) is 2.40. The van der Waals surface area contributed by atoms with Gasteiger partial charge in [0.15, 0.2) is 0 Å². The van der Waals surface area contributed by atoms with Crippen LogP contribution in [0.25, 0.3) is 0 Å². The highest BCUT2D eigenvalue weighted by atomic mass is 16.4. The fraction of sp³-hybridized carbons (Fsp3) is 0.846. The maximum Gasteiger partial charge on any atom is 0.329 e. The number of carboxylic acid groups (broad SMARTS) is 1. The maximum absolute atomic E-state index is 12.1. The van der Waals surface area contributed by atoms with Crippen molar-refractivity contribution in [2.45, 2.75) is 51.0 Å². The van der Waals surface area contributed by atoms with Crippen molar-refractivity contribution >= 4 is 12.0 Å². The van der Waals surface area contributed by atoms with E-state index in [0.29, 0.717) is 32.4 Å². The Balaban J connectivity index is 2.67. The molecule has 6 heteroatoms. The van der Waals surface area contributed by atoms with Gasteiger partial charge in [0, 0.05) is 19.7 Å². The lowest BCUT2D eigenvalue weighted by Crippen LogP contribution is -2.58. The van der Waals surface area contributed by atoms with Crippen LogP contribution in [0.2, 0.25) is 0 Å². The molecule has 0 atom stereocenters. The van der Waals surface area contributed by atoms with E-state index >= 15 is 0 Å². The van der Waals surface area contributed by atoms with Crippen molar-refractivity contribution in [2.24, 2.45) is 0 Å². The number of urea groups is 1. The highest BCUT2D eigenvalue weighted by Crippen LogP contribution is 2.28. The molecule has 0 bridgehead atoms. The van der Waals surface area contributed by atoms with Gasteiger partial charge >= 0.3 is 12.0 Å². The van der Waals surface area contributed by atoms with Gasteiger partial charge in [0.1, 0.15) is 5.54 Å². The number of amides is 2. The Kier molecular flexibility index (Phi) is 6.08. The smallest absolute Gasteiger partial charge is 0.329 e. The molecule has 0 spiro atoms. The number of aliphatic hydroxyl groups is 1. The molecule has 1 aliphatic carbocycles. The molecule has 0 aliphatic heterocycles. The zero-order valence-corrected chi connectivity index (χ0v) is 11.5. The van der Waals surface area contributed by atoms with Crippen LogP contribution in [-0.2, 0) is 4.79 Å². The van der Waals surface area contributed by atoms with Crippen LogP contribution >= 0.6 is 0 Å². The molecule has 1 saturated carbocycles. The summed E-state index contributed by atoms with van der Waals surface area (Å²) in [6.07, 6.45) is 4.16. The number of carbonyl (C=O) groups excluding carboxylic acids is 1. The van der Waals surface area contributed by atoms with Crippen LogP contribution in [0.3, 0.4) is 0 Å². The van der Waals surface area contributed by atoms with E-state index in [4.69, 9.17) is 5.11 Å². The third-order valence-corrected chi connectivity index (χ3v) is 3.72. The van der Waals surface area contributed by atoms with Crippen LogP contribution in [0.15, 0.2) is 0 Å². The molecule has 0 aromatic rings. The molecule has 2 amide bonds. The van der Waals surface area contributed by atoms with E-state index in [1.165, 1.54) is 4.90 Å². The minimum Gasteiger partial charge on any atom is -0.480 e. The zero-order valence-electron chi connectivity index (χ0n) is 11.5. The van der Waals surface area contributed by atoms with Gasteiger partial charge in [0.25, 0.3) is 0 Å². The van der Waals surface area contributed by atoms with Gasteiger partial charge in [0.2, 0.25) is 0 Å². The van der Waals surface area contributed by atoms with E-state index in [0.717, 1.165) is 19.3 Å². The Morgan fingerprint density at radius 3 is 2.37 bits per heavy atom. The van der Waals surface area contributed by atoms with E-state index in [-0.39, 0.29) is 12.6 Å². The Bertz CT molecular complexity index is 314. The molecule has 1 aliphatic rings. The summed E-state index contributed by atoms with van der Waals surface area (Å²) in [5, 5.41) is 20.9. The first-order valence-electron chi connectivity index (χ1n) is 6.97. The molecule has 19 heavy (non-hydrogen) atoms. The molecular formula is C13H24N2O4. The Hall–Kier alpha value is -1.30. The average molecular weight is 272 g/mol. The second-order valence-corrected chi connectivity index (χ2v) is 5.03. The van der Waals surface area contributed by atoms with Gasteiger partial charge in [-0.1, -0.05) is 19.3 Å². The van der Waals surface area contributed by atoms with Gasteiger partial charge in [-0.05, 0) is 26.2 Å². The maximum atomic E-state index is 12.1. The van der Waals surface area contributed by atoms with Crippen molar-refractivity contribution in [3.05, 3.63) is 0 Å². The lowest BCUT2D eigenvalue weighted by atomic mass is 9.82. The fourth-order valence-electron chi connectivity index (χ4n) is 2.50. The SMILES string of the molecule is CCN(CCCO)C(=O)NC1(C(=O)O)CCCCC1. The molecule has 0 unspecified atom stereocenters. The van der Waals surface area contributed by atoms with E-state index in [9.17, 15) is 14.7 Å². The summed E-state index contributed by atoms with van der Waals surface area (Å²) in [5.41, 5.74) is -1.11. The first-order valence-corrected chi connectivity index (χ1v) is 6.97. The first kappa shape index (κ1) is 15.8. The van der Waals surface area contributed by atoms with Gasteiger partial charge in [-0.2, -0.15) is 0 Å². The van der Waals surface area contributed by atoms with E-state index in [1.54, 1.807) is 0 Å². The van der Waals surface area contributed by atoms with Crippen LogP contribution in [0.5, 0.6) is 0 Å². The molecule has 0 saturated heterocycles. The number of hydrogen-bond acceptors (Lipinski definition) is 3. The summed E-state index contributed by atoms with van der Waals surface area (Å²) in [4.78, 5) is 25.1. The molecule has 1 fully saturated rings. The first-order chi connectivity index (χ1) is 9.05. The lowest BCUT2D eigenvalue weighted by molar-refractivity contribution is -0.146. The molecule has 110 valence electrons. The van der Waals surface area contributed by atoms with E-state index in [2.05, 4.69) is 5.32 Å². The van der Waals surface area contributed by atoms with Crippen molar-refractivity contribution in [1.29, 1.82) is 0 Å². The van der Waals surface area contributed by atoms with Crippen LogP contribution in [0, 0.1) is 0 Å². The quantitative estimate of drug-likeness (QED) is 0.677. The molecule has 0 aromatic heterocycles. The summed E-state index contributed by atoms with van der Waals surface area (Å²) >= 11 is 0. The number of nitrogens with one attached hydrogen (secondary N) is 1. The number of hydrogen-bond donors (Lipinski definition) is 3. The highest BCUT2D eigenvalue weighted by molar-refractivity contribution is 5.86. The molecule has 6 nitrogen and oxygen atoms in total. The predicted molar refractivity (Wildman–Crippen MR) is 70.9 cm³/mol. The third-order valence-electron chi connectivity index (χ3n) is 3.72. The summed E-state index contributed by atoms with van der Waals surface area (Å²) in [6, 6.07) is -0.347. The van der Waals surface area contributed by atoms with Crippen LogP contribution in [0.4, 0.5) is 4.79 Å². The Labute approximate surface area is 113 Å². The topological polar surface area (TPSA) is 89.9 Å². The van der Waals surface area contributed by atoms with Crippen LogP contribution < -0.4 is 5.32 Å². The van der Waals surface area contributed by atoms with Gasteiger partial charge in [0.05, 0.1) is 0 Å². The van der Waals surface area contributed by atoms with E-state index in [1.807, 2.05) is 6.92 Å². The predicted octanol–water partition coefficient (Wildman–Crippen LogP) is 1.19. The van der Waals surface area contributed by atoms with Crippen molar-refractivity contribution in [3.8, 4) is 0 Å². The molecule has 0 heterocycles. The number of aliphatic carboxylic acids is 1. The van der Waals surface area contributed by atoms with Crippen molar-refractivity contribution in [3.63, 3.8) is 0 Å². The summed E-state index contributed by atoms with van der Waals surface area (Å²) in [5.74, 6) is -0.946. The second-order valence-electron chi connectivity index (χ2n) is 5.03. The monoisotopic (exact) mass is 272 g/mol. The Morgan fingerprint density at radius 2 is 1.89 bits per heavy atom. The van der Waals surface area contributed by atoms with Crippen LogP contribution in [0.1, 0.15) is 45.4 Å². The molecule has 1 rings (SSSR count). The van der Waals surface area contributed by atoms with Gasteiger partial charge in [-0.3, -0.25) is 0 Å². The second kappa shape index (κ2) is 7.33. The lowest BCUT2D eigenvalue weighted by Gasteiger charge is -2.36. The standard InChI is InChI=1S/C13H24N2O4/c1-2-15(9-6-10-16)12(19)14-13(11(17)18)7-4-3-5-8-13/h16H,2-10H2,1H3,(H,14,19)(H,17,18). The summed E-state index contributed by atoms with van der Waals surface area (Å²) in [6.45, 7) is 2.80. The van der Waals surface area contributed by atoms with Gasteiger partial charge < -0.3 is 20.4 Å². The molecule has 0 aromatic carbocycles. The summed E-state index contributed by atoms with van der Waals surface area (Å²) in [7, 11) is 0. The number of rotatable bonds is 6. The van der Waals surface area contributed by atoms with Crippen molar-refractivity contribution < 1.29 is 19.8 Å². The van der Waals surface area contributed by atoms with Crippen molar-refractivity contribution in [2.75, 3.05) is 19.7 Å². The van der Waals surface area contributed by atoms with Gasteiger partial charge in [-0.25, -0.2) is 9.59 Å².